The Morgan fingerprint density at radius 2 is 1.71 bits per heavy atom. The first-order chi connectivity index (χ1) is 11.6. The van der Waals surface area contributed by atoms with Crippen molar-refractivity contribution in [2.24, 2.45) is 0 Å². The van der Waals surface area contributed by atoms with E-state index < -0.39 is 5.97 Å². The standard InChI is InChI=1S/C20H30N2O2/c1-16(22-13-11-21(12-14-22)15-20(23)24)17-7-9-19(10-8-17)18-5-3-2-4-6-18/h7-10,16,18H,2-6,11-15H2,1H3,(H,23,24). The first-order valence-corrected chi connectivity index (χ1v) is 9.41. The predicted octanol–water partition coefficient (Wildman–Crippen LogP) is 3.50. The molecule has 0 spiro atoms. The topological polar surface area (TPSA) is 43.8 Å². The molecular formula is C20H30N2O2. The second-order valence-electron chi connectivity index (χ2n) is 7.38. The quantitative estimate of drug-likeness (QED) is 0.897. The third-order valence-corrected chi connectivity index (χ3v) is 5.81. The van der Waals surface area contributed by atoms with E-state index in [0.29, 0.717) is 6.04 Å². The van der Waals surface area contributed by atoms with Crippen LogP contribution >= 0.6 is 0 Å². The molecule has 0 aromatic heterocycles. The zero-order chi connectivity index (χ0) is 16.9. The van der Waals surface area contributed by atoms with Gasteiger partial charge in [0.15, 0.2) is 0 Å². The van der Waals surface area contributed by atoms with Crippen LogP contribution in [-0.2, 0) is 4.79 Å². The van der Waals surface area contributed by atoms with Crippen LogP contribution in [0.25, 0.3) is 0 Å². The maximum atomic E-state index is 10.8. The number of carboxylic acid groups (broad SMARTS) is 1. The molecule has 1 aliphatic carbocycles. The zero-order valence-corrected chi connectivity index (χ0v) is 14.8. The Balaban J connectivity index is 1.55. The minimum Gasteiger partial charge on any atom is -0.480 e. The summed E-state index contributed by atoms with van der Waals surface area (Å²) in [4.78, 5) is 15.3. The molecule has 1 saturated heterocycles. The highest BCUT2D eigenvalue weighted by Crippen LogP contribution is 2.33. The minimum absolute atomic E-state index is 0.165. The van der Waals surface area contributed by atoms with Crippen molar-refractivity contribution in [1.82, 2.24) is 9.80 Å². The van der Waals surface area contributed by atoms with Crippen LogP contribution < -0.4 is 0 Å². The van der Waals surface area contributed by atoms with E-state index in [4.69, 9.17) is 5.11 Å². The van der Waals surface area contributed by atoms with Gasteiger partial charge in [0, 0.05) is 32.2 Å². The van der Waals surface area contributed by atoms with Gasteiger partial charge < -0.3 is 5.11 Å². The molecule has 4 nitrogen and oxygen atoms in total. The summed E-state index contributed by atoms with van der Waals surface area (Å²) in [6.07, 6.45) is 6.85. The van der Waals surface area contributed by atoms with Gasteiger partial charge in [-0.2, -0.15) is 0 Å². The van der Waals surface area contributed by atoms with E-state index in [9.17, 15) is 4.79 Å². The van der Waals surface area contributed by atoms with E-state index in [1.807, 2.05) is 4.90 Å². The molecule has 2 fully saturated rings. The molecule has 1 aromatic rings. The fraction of sp³-hybridized carbons (Fsp3) is 0.650. The van der Waals surface area contributed by atoms with Crippen LogP contribution in [0.2, 0.25) is 0 Å². The van der Waals surface area contributed by atoms with E-state index >= 15 is 0 Å². The van der Waals surface area contributed by atoms with Gasteiger partial charge in [-0.05, 0) is 36.8 Å². The van der Waals surface area contributed by atoms with Crippen LogP contribution in [0.4, 0.5) is 0 Å². The van der Waals surface area contributed by atoms with Crippen molar-refractivity contribution in [1.29, 1.82) is 0 Å². The number of carboxylic acids is 1. The summed E-state index contributed by atoms with van der Waals surface area (Å²) in [7, 11) is 0. The molecule has 1 saturated carbocycles. The SMILES string of the molecule is CC(c1ccc(C2CCCCC2)cc1)N1CCN(CC(=O)O)CC1. The van der Waals surface area contributed by atoms with Gasteiger partial charge in [-0.3, -0.25) is 14.6 Å². The van der Waals surface area contributed by atoms with Crippen molar-refractivity contribution in [3.05, 3.63) is 35.4 Å². The van der Waals surface area contributed by atoms with Crippen molar-refractivity contribution >= 4 is 5.97 Å². The van der Waals surface area contributed by atoms with Gasteiger partial charge in [-0.25, -0.2) is 0 Å². The van der Waals surface area contributed by atoms with E-state index in [0.717, 1.165) is 32.1 Å². The highest BCUT2D eigenvalue weighted by atomic mass is 16.4. The van der Waals surface area contributed by atoms with Crippen LogP contribution in [0.1, 0.15) is 62.1 Å². The number of aliphatic carboxylic acids is 1. The normalized spacial score (nSPS) is 22.4. The largest absolute Gasteiger partial charge is 0.480 e. The molecule has 24 heavy (non-hydrogen) atoms. The number of carbonyl (C=O) groups is 1. The average Bonchev–Trinajstić information content (AvgIpc) is 2.62. The second kappa shape index (κ2) is 8.13. The van der Waals surface area contributed by atoms with Gasteiger partial charge >= 0.3 is 5.97 Å². The minimum atomic E-state index is -0.727. The van der Waals surface area contributed by atoms with Crippen LogP contribution in [-0.4, -0.2) is 53.6 Å². The van der Waals surface area contributed by atoms with Crippen molar-refractivity contribution in [3.63, 3.8) is 0 Å². The Morgan fingerprint density at radius 1 is 1.08 bits per heavy atom. The number of rotatable bonds is 5. The van der Waals surface area contributed by atoms with Crippen molar-refractivity contribution in [2.75, 3.05) is 32.7 Å². The molecule has 0 amide bonds. The molecule has 1 heterocycles. The predicted molar refractivity (Wildman–Crippen MR) is 96.3 cm³/mol. The van der Waals surface area contributed by atoms with Gasteiger partial charge in [0.25, 0.3) is 0 Å². The van der Waals surface area contributed by atoms with Crippen molar-refractivity contribution < 1.29 is 9.90 Å². The second-order valence-corrected chi connectivity index (χ2v) is 7.38. The summed E-state index contributed by atoms with van der Waals surface area (Å²) < 4.78 is 0. The highest BCUT2D eigenvalue weighted by Gasteiger charge is 2.23. The molecule has 132 valence electrons. The lowest BCUT2D eigenvalue weighted by Gasteiger charge is -2.37. The highest BCUT2D eigenvalue weighted by molar-refractivity contribution is 5.69. The third-order valence-electron chi connectivity index (χ3n) is 5.81. The summed E-state index contributed by atoms with van der Waals surface area (Å²) >= 11 is 0. The number of benzene rings is 1. The maximum absolute atomic E-state index is 10.8. The molecule has 1 aliphatic heterocycles. The molecule has 4 heteroatoms. The van der Waals surface area contributed by atoms with Crippen molar-refractivity contribution in [3.8, 4) is 0 Å². The Labute approximate surface area is 145 Å². The smallest absolute Gasteiger partial charge is 0.317 e. The van der Waals surface area contributed by atoms with Gasteiger partial charge in [-0.15, -0.1) is 0 Å². The van der Waals surface area contributed by atoms with Crippen LogP contribution in [0.3, 0.4) is 0 Å². The lowest BCUT2D eigenvalue weighted by Crippen LogP contribution is -2.48. The molecule has 0 bridgehead atoms. The van der Waals surface area contributed by atoms with Gasteiger partial charge in [0.2, 0.25) is 0 Å². The number of nitrogens with zero attached hydrogens (tertiary/aromatic N) is 2. The molecule has 0 radical (unpaired) electrons. The van der Waals surface area contributed by atoms with Crippen LogP contribution in [0, 0.1) is 0 Å². The first-order valence-electron chi connectivity index (χ1n) is 9.41. The van der Waals surface area contributed by atoms with E-state index in [2.05, 4.69) is 36.1 Å². The Bertz CT molecular complexity index is 529. The fourth-order valence-electron chi connectivity index (χ4n) is 4.19. The van der Waals surface area contributed by atoms with Crippen LogP contribution in [0.15, 0.2) is 24.3 Å². The Kier molecular flexibility index (Phi) is 5.90. The summed E-state index contributed by atoms with van der Waals surface area (Å²) in [5.41, 5.74) is 2.89. The first kappa shape index (κ1) is 17.4. The maximum Gasteiger partial charge on any atom is 0.317 e. The average molecular weight is 330 g/mol. The number of hydrogen-bond acceptors (Lipinski definition) is 3. The van der Waals surface area contributed by atoms with Gasteiger partial charge in [-0.1, -0.05) is 43.5 Å². The lowest BCUT2D eigenvalue weighted by atomic mass is 9.83. The molecule has 3 rings (SSSR count). The lowest BCUT2D eigenvalue weighted by molar-refractivity contribution is -0.138. The Morgan fingerprint density at radius 3 is 2.29 bits per heavy atom. The van der Waals surface area contributed by atoms with Gasteiger partial charge in [0.05, 0.1) is 6.54 Å². The van der Waals surface area contributed by atoms with E-state index in [1.54, 1.807) is 0 Å². The molecular weight excluding hydrogens is 300 g/mol. The van der Waals surface area contributed by atoms with E-state index in [1.165, 1.54) is 43.2 Å². The van der Waals surface area contributed by atoms with Gasteiger partial charge in [0.1, 0.15) is 0 Å². The summed E-state index contributed by atoms with van der Waals surface area (Å²) in [5, 5.41) is 8.90. The summed E-state index contributed by atoms with van der Waals surface area (Å²) in [6.45, 7) is 6.01. The number of hydrogen-bond donors (Lipinski definition) is 1. The number of piperazine rings is 1. The molecule has 2 aliphatic rings. The summed E-state index contributed by atoms with van der Waals surface area (Å²) in [6, 6.07) is 9.68. The molecule has 1 aromatic carbocycles. The molecule has 1 N–H and O–H groups in total. The molecule has 1 atom stereocenters. The van der Waals surface area contributed by atoms with Crippen molar-refractivity contribution in [2.45, 2.75) is 51.0 Å². The fourth-order valence-corrected chi connectivity index (χ4v) is 4.19. The Hall–Kier alpha value is -1.39. The zero-order valence-electron chi connectivity index (χ0n) is 14.8. The van der Waals surface area contributed by atoms with E-state index in [-0.39, 0.29) is 6.54 Å². The third kappa shape index (κ3) is 4.37. The molecule has 1 unspecified atom stereocenters. The monoisotopic (exact) mass is 330 g/mol. The summed E-state index contributed by atoms with van der Waals surface area (Å²) in [5.74, 6) is 0.0393. The van der Waals surface area contributed by atoms with Crippen LogP contribution in [0.5, 0.6) is 0 Å².